The van der Waals surface area contributed by atoms with Crippen molar-refractivity contribution in [1.29, 1.82) is 0 Å². The Bertz CT molecular complexity index is 307. The van der Waals surface area contributed by atoms with Gasteiger partial charge >= 0.3 is 0 Å². The summed E-state index contributed by atoms with van der Waals surface area (Å²) in [6.45, 7) is 0.764. The minimum Gasteiger partial charge on any atom is -0.390 e. The first kappa shape index (κ1) is 10.6. The molecule has 0 radical (unpaired) electrons. The van der Waals surface area contributed by atoms with E-state index < -0.39 is 6.10 Å². The van der Waals surface area contributed by atoms with Crippen LogP contribution in [-0.2, 0) is 18.2 Å². The van der Waals surface area contributed by atoms with Crippen molar-refractivity contribution in [3.8, 4) is 0 Å². The van der Waals surface area contributed by atoms with Crippen molar-refractivity contribution in [3.05, 3.63) is 12.2 Å². The van der Waals surface area contributed by atoms with Gasteiger partial charge in [0.15, 0.2) is 0 Å². The lowest BCUT2D eigenvalue weighted by molar-refractivity contribution is -0.0619. The van der Waals surface area contributed by atoms with E-state index in [9.17, 15) is 5.11 Å². The molecule has 5 heteroatoms. The van der Waals surface area contributed by atoms with Gasteiger partial charge in [0.2, 0.25) is 0 Å². The van der Waals surface area contributed by atoms with Gasteiger partial charge in [0.1, 0.15) is 12.2 Å². The zero-order valence-corrected chi connectivity index (χ0v) is 8.96. The van der Waals surface area contributed by atoms with Crippen molar-refractivity contribution >= 4 is 0 Å². The predicted octanol–water partition coefficient (Wildman–Crippen LogP) is 0.288. The maximum atomic E-state index is 9.96. The first-order valence-corrected chi connectivity index (χ1v) is 5.40. The molecule has 1 aliphatic rings. The van der Waals surface area contributed by atoms with Gasteiger partial charge in [-0.2, -0.15) is 5.10 Å². The van der Waals surface area contributed by atoms with Crippen LogP contribution >= 0.6 is 0 Å². The monoisotopic (exact) mass is 211 g/mol. The Morgan fingerprint density at radius 2 is 2.53 bits per heavy atom. The van der Waals surface area contributed by atoms with Crippen LogP contribution in [-0.4, -0.2) is 38.7 Å². The lowest BCUT2D eigenvalue weighted by Gasteiger charge is -2.26. The quantitative estimate of drug-likeness (QED) is 0.780. The average Bonchev–Trinajstić information content (AvgIpc) is 2.66. The number of ether oxygens (including phenoxy) is 1. The second kappa shape index (κ2) is 4.72. The summed E-state index contributed by atoms with van der Waals surface area (Å²) in [6, 6.07) is 0. The van der Waals surface area contributed by atoms with E-state index in [0.717, 1.165) is 31.7 Å². The number of aliphatic hydroxyl groups excluding tert-OH is 1. The van der Waals surface area contributed by atoms with Crippen LogP contribution < -0.4 is 0 Å². The highest BCUT2D eigenvalue weighted by molar-refractivity contribution is 4.89. The van der Waals surface area contributed by atoms with E-state index in [0.29, 0.717) is 6.42 Å². The summed E-state index contributed by atoms with van der Waals surface area (Å²) in [4.78, 5) is 4.09. The molecule has 0 aromatic carbocycles. The zero-order valence-electron chi connectivity index (χ0n) is 8.96. The highest BCUT2D eigenvalue weighted by Gasteiger charge is 2.23. The predicted molar refractivity (Wildman–Crippen MR) is 54.3 cm³/mol. The van der Waals surface area contributed by atoms with Crippen LogP contribution in [0, 0.1) is 0 Å². The summed E-state index contributed by atoms with van der Waals surface area (Å²) in [5.74, 6) is 0.802. The van der Waals surface area contributed by atoms with Crippen LogP contribution in [0.15, 0.2) is 6.33 Å². The van der Waals surface area contributed by atoms with Gasteiger partial charge in [-0.3, -0.25) is 4.68 Å². The second-order valence-corrected chi connectivity index (χ2v) is 3.98. The molecule has 0 aliphatic carbocycles. The minimum absolute atomic E-state index is 0.0320. The van der Waals surface area contributed by atoms with Crippen molar-refractivity contribution in [2.24, 2.45) is 7.05 Å². The number of aromatic nitrogens is 3. The smallest absolute Gasteiger partial charge is 0.138 e. The Morgan fingerprint density at radius 3 is 3.13 bits per heavy atom. The first-order valence-electron chi connectivity index (χ1n) is 5.40. The van der Waals surface area contributed by atoms with Crippen molar-refractivity contribution in [2.45, 2.75) is 37.9 Å². The molecule has 1 N–H and O–H groups in total. The summed E-state index contributed by atoms with van der Waals surface area (Å²) in [5.41, 5.74) is 0. The molecule has 2 atom stereocenters. The van der Waals surface area contributed by atoms with Crippen molar-refractivity contribution < 1.29 is 9.84 Å². The Balaban J connectivity index is 1.91. The largest absolute Gasteiger partial charge is 0.390 e. The molecule has 0 saturated carbocycles. The Hall–Kier alpha value is -0.940. The van der Waals surface area contributed by atoms with Gasteiger partial charge in [-0.15, -0.1) is 0 Å². The Kier molecular flexibility index (Phi) is 3.33. The third kappa shape index (κ3) is 2.54. The number of hydrogen-bond acceptors (Lipinski definition) is 4. The van der Waals surface area contributed by atoms with Crippen molar-refractivity contribution in [3.63, 3.8) is 0 Å². The van der Waals surface area contributed by atoms with Crippen LogP contribution in [0.1, 0.15) is 25.1 Å². The molecule has 0 bridgehead atoms. The fourth-order valence-corrected chi connectivity index (χ4v) is 1.89. The molecule has 0 spiro atoms. The molecule has 2 unspecified atom stereocenters. The molecular formula is C10H17N3O2. The van der Waals surface area contributed by atoms with E-state index in [-0.39, 0.29) is 6.10 Å². The fraction of sp³-hybridized carbons (Fsp3) is 0.800. The molecule has 84 valence electrons. The normalized spacial score (nSPS) is 24.0. The number of hydrogen-bond donors (Lipinski definition) is 1. The van der Waals surface area contributed by atoms with Crippen LogP contribution in [0.2, 0.25) is 0 Å². The molecule has 1 aliphatic heterocycles. The van der Waals surface area contributed by atoms with Gasteiger partial charge < -0.3 is 9.84 Å². The molecule has 1 saturated heterocycles. The Labute approximate surface area is 89.1 Å². The first-order chi connectivity index (χ1) is 7.27. The molecule has 2 heterocycles. The highest BCUT2D eigenvalue weighted by atomic mass is 16.5. The van der Waals surface area contributed by atoms with Gasteiger partial charge in [0.05, 0.1) is 12.2 Å². The van der Waals surface area contributed by atoms with Gasteiger partial charge in [-0.25, -0.2) is 4.98 Å². The lowest BCUT2D eigenvalue weighted by Crippen LogP contribution is -2.34. The van der Waals surface area contributed by atoms with Crippen molar-refractivity contribution in [1.82, 2.24) is 14.8 Å². The summed E-state index contributed by atoms with van der Waals surface area (Å²) >= 11 is 0. The van der Waals surface area contributed by atoms with Crippen molar-refractivity contribution in [2.75, 3.05) is 6.61 Å². The van der Waals surface area contributed by atoms with Crippen LogP contribution in [0.25, 0.3) is 0 Å². The van der Waals surface area contributed by atoms with Gasteiger partial charge in [0.25, 0.3) is 0 Å². The molecule has 1 aromatic rings. The van der Waals surface area contributed by atoms with E-state index in [1.54, 1.807) is 4.68 Å². The molecule has 1 fully saturated rings. The number of nitrogens with zero attached hydrogens (tertiary/aromatic N) is 3. The molecule has 2 rings (SSSR count). The topological polar surface area (TPSA) is 60.2 Å². The molecule has 15 heavy (non-hydrogen) atoms. The second-order valence-electron chi connectivity index (χ2n) is 3.98. The minimum atomic E-state index is -0.465. The van der Waals surface area contributed by atoms with E-state index >= 15 is 0 Å². The molecule has 1 aromatic heterocycles. The number of rotatable bonds is 3. The van der Waals surface area contributed by atoms with E-state index in [4.69, 9.17) is 4.74 Å². The fourth-order valence-electron chi connectivity index (χ4n) is 1.89. The number of aliphatic hydroxyl groups is 1. The Morgan fingerprint density at radius 1 is 1.67 bits per heavy atom. The van der Waals surface area contributed by atoms with E-state index in [1.165, 1.54) is 6.33 Å². The summed E-state index contributed by atoms with van der Waals surface area (Å²) in [6.07, 6.45) is 4.71. The molecule has 5 nitrogen and oxygen atoms in total. The maximum Gasteiger partial charge on any atom is 0.138 e. The van der Waals surface area contributed by atoms with Crippen LogP contribution in [0.3, 0.4) is 0 Å². The lowest BCUT2D eigenvalue weighted by atomic mass is 10.0. The number of aryl methyl sites for hydroxylation is 1. The SMILES string of the molecule is Cn1ncnc1CC(O)C1CCCCO1. The standard InChI is InChI=1S/C10H17N3O2/c1-13-10(11-7-12-13)6-8(14)9-4-2-3-5-15-9/h7-9,14H,2-6H2,1H3. The van der Waals surface area contributed by atoms with E-state index in [1.807, 2.05) is 7.05 Å². The molecular weight excluding hydrogens is 194 g/mol. The zero-order chi connectivity index (χ0) is 10.7. The van der Waals surface area contributed by atoms with Gasteiger partial charge in [-0.1, -0.05) is 0 Å². The third-order valence-electron chi connectivity index (χ3n) is 2.84. The average molecular weight is 211 g/mol. The van der Waals surface area contributed by atoms with Gasteiger partial charge in [-0.05, 0) is 19.3 Å². The highest BCUT2D eigenvalue weighted by Crippen LogP contribution is 2.17. The van der Waals surface area contributed by atoms with Crippen LogP contribution in [0.5, 0.6) is 0 Å². The summed E-state index contributed by atoms with van der Waals surface area (Å²) in [5, 5.41) is 13.9. The maximum absolute atomic E-state index is 9.96. The summed E-state index contributed by atoms with van der Waals surface area (Å²) in [7, 11) is 1.83. The van der Waals surface area contributed by atoms with Gasteiger partial charge in [0, 0.05) is 20.1 Å². The molecule has 0 amide bonds. The third-order valence-corrected chi connectivity index (χ3v) is 2.84. The summed E-state index contributed by atoms with van der Waals surface area (Å²) < 4.78 is 7.21. The van der Waals surface area contributed by atoms with E-state index in [2.05, 4.69) is 10.1 Å². The van der Waals surface area contributed by atoms with Crippen LogP contribution in [0.4, 0.5) is 0 Å².